The number of carboxylic acids is 1. The molecule has 0 aliphatic rings. The summed E-state index contributed by atoms with van der Waals surface area (Å²) in [6.45, 7) is 0. The maximum absolute atomic E-state index is 11.0. The Labute approximate surface area is 151 Å². The van der Waals surface area contributed by atoms with Gasteiger partial charge in [-0.3, -0.25) is 4.99 Å². The molecular weight excluding hydrogens is 326 g/mol. The molecule has 4 heteroatoms. The van der Waals surface area contributed by atoms with E-state index in [9.17, 15) is 9.90 Å². The highest BCUT2D eigenvalue weighted by molar-refractivity contribution is 5.92. The molecule has 0 spiro atoms. The van der Waals surface area contributed by atoms with Crippen LogP contribution < -0.4 is 0 Å². The van der Waals surface area contributed by atoms with E-state index in [0.29, 0.717) is 5.69 Å². The summed E-state index contributed by atoms with van der Waals surface area (Å²) >= 11 is 0. The molecule has 26 heavy (non-hydrogen) atoms. The molecule has 4 nitrogen and oxygen atoms in total. The molecule has 0 fully saturated rings. The number of aliphatic imine (C=N–C) groups is 1. The summed E-state index contributed by atoms with van der Waals surface area (Å²) in [4.78, 5) is 15.3. The average Bonchev–Trinajstić information content (AvgIpc) is 2.67. The minimum Gasteiger partial charge on any atom is -0.507 e. The Hall–Kier alpha value is -3.84. The molecule has 0 saturated heterocycles. The fourth-order valence-electron chi connectivity index (χ4n) is 2.24. The maximum Gasteiger partial charge on any atom is 0.339 e. The van der Waals surface area contributed by atoms with Crippen molar-refractivity contribution in [3.8, 4) is 17.6 Å². The molecule has 0 aliphatic heterocycles. The number of hydrogen-bond donors (Lipinski definition) is 2. The number of phenols is 1. The van der Waals surface area contributed by atoms with Crippen LogP contribution in [0.25, 0.3) is 0 Å². The first-order valence-corrected chi connectivity index (χ1v) is 7.89. The lowest BCUT2D eigenvalue weighted by atomic mass is 10.1. The third-order valence-corrected chi connectivity index (χ3v) is 3.61. The van der Waals surface area contributed by atoms with Gasteiger partial charge in [-0.1, -0.05) is 42.2 Å². The van der Waals surface area contributed by atoms with Crippen LogP contribution >= 0.6 is 0 Å². The Morgan fingerprint density at radius 2 is 1.54 bits per heavy atom. The Morgan fingerprint density at radius 3 is 2.19 bits per heavy atom. The van der Waals surface area contributed by atoms with E-state index in [1.54, 1.807) is 12.3 Å². The van der Waals surface area contributed by atoms with Crippen molar-refractivity contribution in [1.82, 2.24) is 0 Å². The predicted molar refractivity (Wildman–Crippen MR) is 101 cm³/mol. The summed E-state index contributed by atoms with van der Waals surface area (Å²) in [6, 6.07) is 21.5. The minimum atomic E-state index is -1.19. The van der Waals surface area contributed by atoms with Crippen LogP contribution in [0.15, 0.2) is 77.8 Å². The van der Waals surface area contributed by atoms with Gasteiger partial charge >= 0.3 is 5.97 Å². The number of rotatable bonds is 3. The molecule has 0 saturated carbocycles. The normalized spacial score (nSPS) is 10.3. The summed E-state index contributed by atoms with van der Waals surface area (Å²) in [6.07, 6.45) is 1.63. The Balaban J connectivity index is 1.74. The van der Waals surface area contributed by atoms with Crippen LogP contribution in [0.5, 0.6) is 5.75 Å². The number of aromatic carboxylic acids is 1. The number of aromatic hydroxyl groups is 1. The van der Waals surface area contributed by atoms with Gasteiger partial charge in [-0.2, -0.15) is 0 Å². The number of benzene rings is 3. The van der Waals surface area contributed by atoms with Crippen LogP contribution in [-0.4, -0.2) is 22.4 Å². The van der Waals surface area contributed by atoms with Gasteiger partial charge in [0.15, 0.2) is 0 Å². The molecule has 2 N–H and O–H groups in total. The van der Waals surface area contributed by atoms with Crippen molar-refractivity contribution in [1.29, 1.82) is 0 Å². The summed E-state index contributed by atoms with van der Waals surface area (Å²) < 4.78 is 0. The summed E-state index contributed by atoms with van der Waals surface area (Å²) in [5.74, 6) is 4.72. The van der Waals surface area contributed by atoms with Crippen LogP contribution in [0.3, 0.4) is 0 Å². The van der Waals surface area contributed by atoms with Crippen LogP contribution in [0.2, 0.25) is 0 Å². The van der Waals surface area contributed by atoms with E-state index in [-0.39, 0.29) is 11.3 Å². The van der Waals surface area contributed by atoms with E-state index in [2.05, 4.69) is 16.8 Å². The standard InChI is InChI=1S/C22H15NO3/c24-21-13-12-19(14-20(21)22(25)26)23-15-18-10-8-17(9-11-18)7-6-16-4-2-1-3-5-16/h1-5,8-15,24H,(H,25,26). The molecule has 0 unspecified atom stereocenters. The molecule has 3 rings (SSSR count). The maximum atomic E-state index is 11.0. The van der Waals surface area contributed by atoms with E-state index < -0.39 is 5.97 Å². The molecule has 0 bridgehead atoms. The fraction of sp³-hybridized carbons (Fsp3) is 0. The SMILES string of the molecule is O=C(O)c1cc(N=Cc2ccc(C#Cc3ccccc3)cc2)ccc1O. The monoisotopic (exact) mass is 341 g/mol. The molecule has 0 aromatic heterocycles. The second kappa shape index (κ2) is 7.82. The third kappa shape index (κ3) is 4.37. The van der Waals surface area contributed by atoms with E-state index in [0.717, 1.165) is 16.7 Å². The number of carboxylic acid groups (broad SMARTS) is 1. The van der Waals surface area contributed by atoms with E-state index in [1.807, 2.05) is 54.6 Å². The smallest absolute Gasteiger partial charge is 0.339 e. The summed E-state index contributed by atoms with van der Waals surface area (Å²) in [7, 11) is 0. The second-order valence-corrected chi connectivity index (χ2v) is 5.50. The predicted octanol–water partition coefficient (Wildman–Crippen LogP) is 4.24. The van der Waals surface area contributed by atoms with Crippen molar-refractivity contribution < 1.29 is 15.0 Å². The average molecular weight is 341 g/mol. The van der Waals surface area contributed by atoms with Crippen LogP contribution in [0.1, 0.15) is 27.0 Å². The highest BCUT2D eigenvalue weighted by Crippen LogP contribution is 2.23. The number of nitrogens with zero attached hydrogens (tertiary/aromatic N) is 1. The zero-order valence-corrected chi connectivity index (χ0v) is 13.8. The van der Waals surface area contributed by atoms with Gasteiger partial charge in [0.25, 0.3) is 0 Å². The first-order valence-electron chi connectivity index (χ1n) is 7.89. The molecule has 0 aliphatic carbocycles. The lowest BCUT2D eigenvalue weighted by molar-refractivity contribution is 0.0694. The van der Waals surface area contributed by atoms with E-state index in [1.165, 1.54) is 12.1 Å². The number of carbonyl (C=O) groups is 1. The van der Waals surface area contributed by atoms with Gasteiger partial charge in [0, 0.05) is 17.3 Å². The van der Waals surface area contributed by atoms with Crippen molar-refractivity contribution in [3.63, 3.8) is 0 Å². The molecule has 3 aromatic carbocycles. The first-order chi connectivity index (χ1) is 12.6. The topological polar surface area (TPSA) is 69.9 Å². The summed E-state index contributed by atoms with van der Waals surface area (Å²) in [5, 5.41) is 18.5. The van der Waals surface area contributed by atoms with Crippen molar-refractivity contribution in [2.75, 3.05) is 0 Å². The molecule has 0 heterocycles. The highest BCUT2D eigenvalue weighted by atomic mass is 16.4. The zero-order chi connectivity index (χ0) is 18.4. The lowest BCUT2D eigenvalue weighted by Crippen LogP contribution is -1.95. The van der Waals surface area contributed by atoms with E-state index in [4.69, 9.17) is 5.11 Å². The van der Waals surface area contributed by atoms with Gasteiger partial charge in [-0.05, 0) is 48.0 Å². The minimum absolute atomic E-state index is 0.175. The molecule has 0 radical (unpaired) electrons. The van der Waals surface area contributed by atoms with Crippen LogP contribution in [0.4, 0.5) is 5.69 Å². The van der Waals surface area contributed by atoms with Gasteiger partial charge in [0.05, 0.1) is 5.69 Å². The third-order valence-electron chi connectivity index (χ3n) is 3.61. The molecule has 0 amide bonds. The van der Waals surface area contributed by atoms with Crippen LogP contribution in [-0.2, 0) is 0 Å². The van der Waals surface area contributed by atoms with Crippen molar-refractivity contribution in [2.24, 2.45) is 4.99 Å². The Kier molecular flexibility index (Phi) is 5.11. The Morgan fingerprint density at radius 1 is 0.885 bits per heavy atom. The lowest BCUT2D eigenvalue weighted by Gasteiger charge is -2.00. The van der Waals surface area contributed by atoms with Crippen molar-refractivity contribution >= 4 is 17.9 Å². The van der Waals surface area contributed by atoms with Gasteiger partial charge in [-0.15, -0.1) is 0 Å². The highest BCUT2D eigenvalue weighted by Gasteiger charge is 2.09. The second-order valence-electron chi connectivity index (χ2n) is 5.50. The van der Waals surface area contributed by atoms with Gasteiger partial charge in [0.1, 0.15) is 11.3 Å². The molecule has 126 valence electrons. The first kappa shape index (κ1) is 17.0. The summed E-state index contributed by atoms with van der Waals surface area (Å²) in [5.41, 5.74) is 2.99. The fourth-order valence-corrected chi connectivity index (χ4v) is 2.24. The number of hydrogen-bond acceptors (Lipinski definition) is 3. The van der Waals surface area contributed by atoms with Gasteiger partial charge in [-0.25, -0.2) is 4.79 Å². The van der Waals surface area contributed by atoms with Crippen LogP contribution in [0, 0.1) is 11.8 Å². The van der Waals surface area contributed by atoms with Gasteiger partial charge < -0.3 is 10.2 Å². The van der Waals surface area contributed by atoms with Crippen molar-refractivity contribution in [2.45, 2.75) is 0 Å². The van der Waals surface area contributed by atoms with Gasteiger partial charge in [0.2, 0.25) is 0 Å². The molecule has 3 aromatic rings. The van der Waals surface area contributed by atoms with Crippen molar-refractivity contribution in [3.05, 3.63) is 95.1 Å². The van der Waals surface area contributed by atoms with E-state index >= 15 is 0 Å². The Bertz CT molecular complexity index is 1010. The largest absolute Gasteiger partial charge is 0.507 e. The quantitative estimate of drug-likeness (QED) is 0.553. The molecular formula is C22H15NO3. The zero-order valence-electron chi connectivity index (χ0n) is 13.8. The molecule has 0 atom stereocenters.